The highest BCUT2D eigenvalue weighted by Crippen LogP contribution is 2.50. The van der Waals surface area contributed by atoms with Crippen LogP contribution in [-0.4, -0.2) is 45.0 Å². The molecule has 0 aromatic rings. The van der Waals surface area contributed by atoms with Gasteiger partial charge in [0.25, 0.3) is 0 Å². The van der Waals surface area contributed by atoms with Crippen molar-refractivity contribution >= 4 is 23.6 Å². The zero-order valence-corrected chi connectivity index (χ0v) is 10.8. The molecule has 0 radical (unpaired) electrons. The van der Waals surface area contributed by atoms with Gasteiger partial charge in [0.05, 0.1) is 12.5 Å². The standard InChI is InChI=1S/C11H16N2O4S/c1-2-5(12)3-7-8(11(16)17)13-9(15)6(4-14)10(13)18-7/h5-6,10,14H,2-4,12H2,1H3,(H,16,17)/t5-,6+,10-/m1/s1. The fourth-order valence-electron chi connectivity index (χ4n) is 2.15. The molecule has 100 valence electrons. The number of aliphatic hydroxyl groups excluding tert-OH is 1. The molecule has 1 saturated heterocycles. The predicted octanol–water partition coefficient (Wildman–Crippen LogP) is -0.0664. The maximum atomic E-state index is 11.7. The lowest BCUT2D eigenvalue weighted by Gasteiger charge is -2.41. The summed E-state index contributed by atoms with van der Waals surface area (Å²) < 4.78 is 0. The monoisotopic (exact) mass is 272 g/mol. The molecule has 1 amide bonds. The number of carbonyl (C=O) groups is 2. The molecule has 0 spiro atoms. The molecular weight excluding hydrogens is 256 g/mol. The van der Waals surface area contributed by atoms with Crippen LogP contribution in [0.25, 0.3) is 0 Å². The Morgan fingerprint density at radius 1 is 1.61 bits per heavy atom. The molecule has 0 aliphatic carbocycles. The van der Waals surface area contributed by atoms with Crippen molar-refractivity contribution in [2.45, 2.75) is 31.2 Å². The molecule has 2 heterocycles. The number of rotatable bonds is 5. The summed E-state index contributed by atoms with van der Waals surface area (Å²) in [5.74, 6) is -1.90. The number of nitrogens with two attached hydrogens (primary N) is 1. The smallest absolute Gasteiger partial charge is 0.353 e. The van der Waals surface area contributed by atoms with Gasteiger partial charge in [-0.25, -0.2) is 4.79 Å². The van der Waals surface area contributed by atoms with Crippen LogP contribution in [0.1, 0.15) is 19.8 Å². The topological polar surface area (TPSA) is 104 Å². The second kappa shape index (κ2) is 4.91. The van der Waals surface area contributed by atoms with Gasteiger partial charge in [-0.15, -0.1) is 11.8 Å². The molecule has 2 rings (SSSR count). The van der Waals surface area contributed by atoms with Gasteiger partial charge in [-0.1, -0.05) is 6.92 Å². The van der Waals surface area contributed by atoms with Crippen LogP contribution in [0.3, 0.4) is 0 Å². The van der Waals surface area contributed by atoms with Gasteiger partial charge in [-0.2, -0.15) is 0 Å². The van der Waals surface area contributed by atoms with Crippen LogP contribution in [0.4, 0.5) is 0 Å². The number of aliphatic carboxylic acids is 1. The minimum Gasteiger partial charge on any atom is -0.477 e. The van der Waals surface area contributed by atoms with Crippen molar-refractivity contribution in [3.8, 4) is 0 Å². The fourth-order valence-corrected chi connectivity index (χ4v) is 3.73. The molecule has 2 aliphatic heterocycles. The summed E-state index contributed by atoms with van der Waals surface area (Å²) in [5, 5.41) is 18.0. The van der Waals surface area contributed by atoms with E-state index in [9.17, 15) is 14.7 Å². The summed E-state index contributed by atoms with van der Waals surface area (Å²) >= 11 is 1.34. The highest BCUT2D eigenvalue weighted by Gasteiger charge is 2.55. The Kier molecular flexibility index (Phi) is 3.65. The van der Waals surface area contributed by atoms with Crippen molar-refractivity contribution in [2.24, 2.45) is 11.7 Å². The van der Waals surface area contributed by atoms with Crippen LogP contribution < -0.4 is 5.73 Å². The third kappa shape index (κ3) is 1.92. The summed E-state index contributed by atoms with van der Waals surface area (Å²) in [6.45, 7) is 1.69. The summed E-state index contributed by atoms with van der Waals surface area (Å²) in [7, 11) is 0. The van der Waals surface area contributed by atoms with Gasteiger partial charge in [0.1, 0.15) is 11.1 Å². The van der Waals surface area contributed by atoms with Crippen molar-refractivity contribution in [1.82, 2.24) is 4.90 Å². The molecule has 0 unspecified atom stereocenters. The third-order valence-corrected chi connectivity index (χ3v) is 4.72. The first-order valence-corrected chi connectivity index (χ1v) is 6.71. The maximum absolute atomic E-state index is 11.7. The first-order chi connectivity index (χ1) is 8.51. The highest BCUT2D eigenvalue weighted by atomic mass is 32.2. The van der Waals surface area contributed by atoms with Gasteiger partial charge in [0, 0.05) is 10.9 Å². The van der Waals surface area contributed by atoms with E-state index in [0.29, 0.717) is 11.3 Å². The Balaban J connectivity index is 2.23. The Labute approximate surface area is 109 Å². The van der Waals surface area contributed by atoms with Crippen LogP contribution in [0.2, 0.25) is 0 Å². The van der Waals surface area contributed by atoms with E-state index in [0.717, 1.165) is 6.42 Å². The number of β-lactam (4-membered cyclic amide) rings is 1. The zero-order valence-electron chi connectivity index (χ0n) is 10.00. The largest absolute Gasteiger partial charge is 0.477 e. The molecule has 4 N–H and O–H groups in total. The first-order valence-electron chi connectivity index (χ1n) is 5.83. The molecule has 0 aromatic carbocycles. The van der Waals surface area contributed by atoms with Gasteiger partial charge in [-0.3, -0.25) is 9.69 Å². The molecular formula is C11H16N2O4S. The SMILES string of the molecule is CC[C@@H](N)CC1=C(C(=O)O)N2C(=O)[C@H](CO)[C@H]2S1. The fraction of sp³-hybridized carbons (Fsp3) is 0.636. The van der Waals surface area contributed by atoms with E-state index in [4.69, 9.17) is 10.8 Å². The number of carboxylic acids is 1. The lowest BCUT2D eigenvalue weighted by molar-refractivity contribution is -0.153. The Morgan fingerprint density at radius 3 is 2.78 bits per heavy atom. The van der Waals surface area contributed by atoms with Crippen molar-refractivity contribution in [3.05, 3.63) is 10.6 Å². The van der Waals surface area contributed by atoms with E-state index < -0.39 is 11.9 Å². The molecule has 18 heavy (non-hydrogen) atoms. The van der Waals surface area contributed by atoms with Gasteiger partial charge >= 0.3 is 5.97 Å². The van der Waals surface area contributed by atoms with Gasteiger partial charge in [0.2, 0.25) is 5.91 Å². The molecule has 2 aliphatic rings. The Bertz CT molecular complexity index is 423. The van der Waals surface area contributed by atoms with Crippen LogP contribution in [0.15, 0.2) is 10.6 Å². The van der Waals surface area contributed by atoms with Crippen LogP contribution in [0, 0.1) is 5.92 Å². The van der Waals surface area contributed by atoms with Crippen molar-refractivity contribution in [1.29, 1.82) is 0 Å². The number of amides is 1. The number of hydrogen-bond donors (Lipinski definition) is 3. The second-order valence-corrected chi connectivity index (χ2v) is 5.67. The van der Waals surface area contributed by atoms with Crippen LogP contribution in [-0.2, 0) is 9.59 Å². The normalized spacial score (nSPS) is 28.2. The summed E-state index contributed by atoms with van der Waals surface area (Å²) in [5.41, 5.74) is 5.88. The van der Waals surface area contributed by atoms with E-state index in [-0.39, 0.29) is 29.6 Å². The quantitative estimate of drug-likeness (QED) is 0.605. The predicted molar refractivity (Wildman–Crippen MR) is 66.3 cm³/mol. The van der Waals surface area contributed by atoms with Gasteiger partial charge < -0.3 is 15.9 Å². The van der Waals surface area contributed by atoms with Crippen LogP contribution in [0.5, 0.6) is 0 Å². The van der Waals surface area contributed by atoms with Gasteiger partial charge in [0.15, 0.2) is 0 Å². The lowest BCUT2D eigenvalue weighted by atomic mass is 9.98. The van der Waals surface area contributed by atoms with Crippen molar-refractivity contribution in [2.75, 3.05) is 6.61 Å². The third-order valence-electron chi connectivity index (χ3n) is 3.29. The summed E-state index contributed by atoms with van der Waals surface area (Å²) in [4.78, 5) is 24.9. The van der Waals surface area contributed by atoms with E-state index >= 15 is 0 Å². The number of nitrogens with zero attached hydrogens (tertiary/aromatic N) is 1. The summed E-state index contributed by atoms with van der Waals surface area (Å²) in [6.07, 6.45) is 1.21. The summed E-state index contributed by atoms with van der Waals surface area (Å²) in [6, 6.07) is -0.108. The number of hydrogen-bond acceptors (Lipinski definition) is 5. The van der Waals surface area contributed by atoms with E-state index in [2.05, 4.69) is 0 Å². The molecule has 0 saturated carbocycles. The Morgan fingerprint density at radius 2 is 2.28 bits per heavy atom. The molecule has 1 fully saturated rings. The van der Waals surface area contributed by atoms with E-state index in [1.54, 1.807) is 0 Å². The number of carboxylic acid groups (broad SMARTS) is 1. The molecule has 6 nitrogen and oxygen atoms in total. The average molecular weight is 272 g/mol. The minimum atomic E-state index is -1.10. The lowest BCUT2D eigenvalue weighted by Crippen LogP contribution is -2.58. The molecule has 3 atom stereocenters. The minimum absolute atomic E-state index is 0.0450. The number of fused-ring (bicyclic) bond motifs is 1. The second-order valence-electron chi connectivity index (χ2n) is 4.46. The molecule has 0 bridgehead atoms. The molecule has 0 aromatic heterocycles. The van der Waals surface area contributed by atoms with E-state index in [1.165, 1.54) is 16.7 Å². The molecule has 7 heteroatoms. The Hall–Kier alpha value is -1.05. The number of thioether (sulfide) groups is 1. The highest BCUT2D eigenvalue weighted by molar-refractivity contribution is 8.04. The number of carbonyl (C=O) groups excluding carboxylic acids is 1. The van der Waals surface area contributed by atoms with Crippen molar-refractivity contribution in [3.63, 3.8) is 0 Å². The van der Waals surface area contributed by atoms with E-state index in [1.807, 2.05) is 6.92 Å². The van der Waals surface area contributed by atoms with Crippen molar-refractivity contribution < 1.29 is 19.8 Å². The number of aliphatic hydroxyl groups is 1. The average Bonchev–Trinajstić information content (AvgIpc) is 2.65. The van der Waals surface area contributed by atoms with Crippen LogP contribution >= 0.6 is 11.8 Å². The van der Waals surface area contributed by atoms with Gasteiger partial charge in [-0.05, 0) is 12.8 Å². The maximum Gasteiger partial charge on any atom is 0.353 e. The first kappa shape index (κ1) is 13.4. The zero-order chi connectivity index (χ0) is 13.4.